The number of ketones is 1. The molecule has 18 heavy (non-hydrogen) atoms. The van der Waals surface area contributed by atoms with Crippen molar-refractivity contribution in [3.8, 4) is 0 Å². The van der Waals surface area contributed by atoms with E-state index in [0.29, 0.717) is 18.4 Å². The first-order chi connectivity index (χ1) is 8.07. The normalized spacial score (nSPS) is 40.9. The third kappa shape index (κ3) is 2.46. The zero-order chi connectivity index (χ0) is 12.0. The predicted molar refractivity (Wildman–Crippen MR) is 76.0 cm³/mol. The predicted octanol–water partition coefficient (Wildman–Crippen LogP) is 3.19. The molecule has 0 aromatic carbocycles. The summed E-state index contributed by atoms with van der Waals surface area (Å²) in [6.07, 6.45) is 7.88. The van der Waals surface area contributed by atoms with Crippen molar-refractivity contribution in [1.29, 1.82) is 0 Å². The van der Waals surface area contributed by atoms with Crippen LogP contribution in [0.25, 0.3) is 0 Å². The van der Waals surface area contributed by atoms with E-state index in [2.05, 4.69) is 19.2 Å². The Morgan fingerprint density at radius 3 is 1.94 bits per heavy atom. The van der Waals surface area contributed by atoms with Crippen LogP contribution in [0.1, 0.15) is 52.4 Å². The zero-order valence-corrected chi connectivity index (χ0v) is 12.4. The molecule has 4 bridgehead atoms. The number of carbonyl (C=O) groups excluding carboxylic acids is 1. The number of halogens is 1. The summed E-state index contributed by atoms with van der Waals surface area (Å²) >= 11 is 0. The summed E-state index contributed by atoms with van der Waals surface area (Å²) in [6, 6.07) is 0.424. The standard InChI is InChI=1S/C15H25NO.ClH/c1-10(2)16-9-14(17)15-6-11-3-12(7-15)5-13(4-11)8-15;/h10-13,16H,3-9H2,1-2H3;1H. The molecule has 4 aliphatic rings. The minimum atomic E-state index is 0. The lowest BCUT2D eigenvalue weighted by Crippen LogP contribution is -2.52. The van der Waals surface area contributed by atoms with Crippen molar-refractivity contribution < 1.29 is 4.79 Å². The van der Waals surface area contributed by atoms with Crippen LogP contribution in [0, 0.1) is 23.2 Å². The van der Waals surface area contributed by atoms with Gasteiger partial charge in [0.2, 0.25) is 0 Å². The van der Waals surface area contributed by atoms with Crippen LogP contribution in [0.4, 0.5) is 0 Å². The molecule has 4 fully saturated rings. The van der Waals surface area contributed by atoms with E-state index < -0.39 is 0 Å². The molecule has 0 saturated heterocycles. The van der Waals surface area contributed by atoms with Crippen molar-refractivity contribution >= 4 is 18.2 Å². The summed E-state index contributed by atoms with van der Waals surface area (Å²) in [4.78, 5) is 12.5. The number of nitrogens with one attached hydrogen (secondary N) is 1. The Morgan fingerprint density at radius 1 is 1.11 bits per heavy atom. The topological polar surface area (TPSA) is 29.1 Å². The molecule has 0 aromatic rings. The molecule has 0 amide bonds. The smallest absolute Gasteiger partial charge is 0.152 e. The van der Waals surface area contributed by atoms with Crippen molar-refractivity contribution in [2.45, 2.75) is 58.4 Å². The molecule has 1 N–H and O–H groups in total. The largest absolute Gasteiger partial charge is 0.308 e. The van der Waals surface area contributed by atoms with Gasteiger partial charge in [-0.05, 0) is 56.3 Å². The number of carbonyl (C=O) groups is 1. The lowest BCUT2D eigenvalue weighted by molar-refractivity contribution is -0.143. The summed E-state index contributed by atoms with van der Waals surface area (Å²) in [5.41, 5.74) is 0.0939. The van der Waals surface area contributed by atoms with Gasteiger partial charge in [0.15, 0.2) is 5.78 Å². The van der Waals surface area contributed by atoms with Crippen LogP contribution in [0.3, 0.4) is 0 Å². The zero-order valence-electron chi connectivity index (χ0n) is 11.6. The molecule has 0 aliphatic heterocycles. The molecular formula is C15H26ClNO. The summed E-state index contributed by atoms with van der Waals surface area (Å²) in [6.45, 7) is 4.84. The van der Waals surface area contributed by atoms with Crippen molar-refractivity contribution in [1.82, 2.24) is 5.32 Å². The highest BCUT2D eigenvalue weighted by atomic mass is 35.5. The van der Waals surface area contributed by atoms with Crippen LogP contribution < -0.4 is 5.32 Å². The van der Waals surface area contributed by atoms with E-state index in [-0.39, 0.29) is 17.8 Å². The minimum absolute atomic E-state index is 0. The Labute approximate surface area is 117 Å². The Balaban J connectivity index is 0.00000120. The van der Waals surface area contributed by atoms with Crippen LogP contribution in [-0.2, 0) is 4.79 Å². The van der Waals surface area contributed by atoms with Gasteiger partial charge >= 0.3 is 0 Å². The SMILES string of the molecule is CC(C)NCC(=O)C12CC3CC(CC(C3)C1)C2.Cl. The minimum Gasteiger partial charge on any atom is -0.308 e. The van der Waals surface area contributed by atoms with E-state index in [9.17, 15) is 4.79 Å². The Morgan fingerprint density at radius 2 is 1.56 bits per heavy atom. The number of hydrogen-bond acceptors (Lipinski definition) is 2. The van der Waals surface area contributed by atoms with Crippen LogP contribution in [0.15, 0.2) is 0 Å². The maximum absolute atomic E-state index is 12.5. The molecular weight excluding hydrogens is 246 g/mol. The highest BCUT2D eigenvalue weighted by molar-refractivity contribution is 5.87. The van der Waals surface area contributed by atoms with Crippen molar-refractivity contribution in [3.63, 3.8) is 0 Å². The van der Waals surface area contributed by atoms with Crippen LogP contribution in [-0.4, -0.2) is 18.4 Å². The van der Waals surface area contributed by atoms with Gasteiger partial charge in [-0.25, -0.2) is 0 Å². The Hall–Kier alpha value is -0.0800. The van der Waals surface area contributed by atoms with E-state index in [0.717, 1.165) is 17.8 Å². The van der Waals surface area contributed by atoms with Gasteiger partial charge < -0.3 is 5.32 Å². The third-order valence-electron chi connectivity index (χ3n) is 5.30. The summed E-state index contributed by atoms with van der Waals surface area (Å²) in [7, 11) is 0. The van der Waals surface area contributed by atoms with Gasteiger partial charge in [0.25, 0.3) is 0 Å². The molecule has 104 valence electrons. The monoisotopic (exact) mass is 271 g/mol. The molecule has 0 atom stereocenters. The lowest BCUT2D eigenvalue weighted by atomic mass is 9.48. The Bertz CT molecular complexity index is 291. The van der Waals surface area contributed by atoms with Gasteiger partial charge in [0.05, 0.1) is 6.54 Å². The fraction of sp³-hybridized carbons (Fsp3) is 0.933. The maximum Gasteiger partial charge on any atom is 0.152 e. The second kappa shape index (κ2) is 5.13. The average molecular weight is 272 g/mol. The molecule has 3 heteroatoms. The number of hydrogen-bond donors (Lipinski definition) is 1. The van der Waals surface area contributed by atoms with Gasteiger partial charge in [-0.1, -0.05) is 13.8 Å². The molecule has 4 aliphatic carbocycles. The van der Waals surface area contributed by atoms with Gasteiger partial charge in [0.1, 0.15) is 0 Å². The second-order valence-electron chi connectivity index (χ2n) is 7.16. The fourth-order valence-corrected chi connectivity index (χ4v) is 4.94. The molecule has 0 radical (unpaired) electrons. The number of rotatable bonds is 4. The molecule has 4 rings (SSSR count). The van der Waals surface area contributed by atoms with Crippen molar-refractivity contribution in [3.05, 3.63) is 0 Å². The van der Waals surface area contributed by atoms with E-state index in [4.69, 9.17) is 0 Å². The van der Waals surface area contributed by atoms with Crippen molar-refractivity contribution in [2.75, 3.05) is 6.54 Å². The molecule has 4 saturated carbocycles. The van der Waals surface area contributed by atoms with Gasteiger partial charge in [0, 0.05) is 11.5 Å². The molecule has 0 heterocycles. The average Bonchev–Trinajstić information content (AvgIpc) is 2.23. The van der Waals surface area contributed by atoms with E-state index in [1.807, 2.05) is 0 Å². The maximum atomic E-state index is 12.5. The highest BCUT2D eigenvalue weighted by Crippen LogP contribution is 2.60. The van der Waals surface area contributed by atoms with Crippen LogP contribution in [0.5, 0.6) is 0 Å². The van der Waals surface area contributed by atoms with Crippen molar-refractivity contribution in [2.24, 2.45) is 23.2 Å². The summed E-state index contributed by atoms with van der Waals surface area (Å²) in [5, 5.41) is 3.32. The molecule has 0 aromatic heterocycles. The van der Waals surface area contributed by atoms with Crippen LogP contribution >= 0.6 is 12.4 Å². The first-order valence-electron chi connectivity index (χ1n) is 7.34. The van der Waals surface area contributed by atoms with E-state index in [1.54, 1.807) is 0 Å². The highest BCUT2D eigenvalue weighted by Gasteiger charge is 2.53. The summed E-state index contributed by atoms with van der Waals surface area (Å²) in [5.74, 6) is 3.16. The number of Topliss-reactive ketones (excluding diaryl/α,β-unsaturated/α-hetero) is 1. The van der Waals surface area contributed by atoms with E-state index >= 15 is 0 Å². The van der Waals surface area contributed by atoms with Crippen LogP contribution in [0.2, 0.25) is 0 Å². The Kier molecular flexibility index (Phi) is 4.08. The first kappa shape index (κ1) is 14.3. The molecule has 0 spiro atoms. The fourth-order valence-electron chi connectivity index (χ4n) is 4.94. The molecule has 2 nitrogen and oxygen atoms in total. The van der Waals surface area contributed by atoms with E-state index in [1.165, 1.54) is 38.5 Å². The third-order valence-corrected chi connectivity index (χ3v) is 5.30. The summed E-state index contributed by atoms with van der Waals surface area (Å²) < 4.78 is 0. The lowest BCUT2D eigenvalue weighted by Gasteiger charge is -2.56. The van der Waals surface area contributed by atoms with Gasteiger partial charge in [-0.2, -0.15) is 0 Å². The molecule has 0 unspecified atom stereocenters. The first-order valence-corrected chi connectivity index (χ1v) is 7.34. The van der Waals surface area contributed by atoms with Gasteiger partial charge in [-0.15, -0.1) is 12.4 Å². The second-order valence-corrected chi connectivity index (χ2v) is 7.16. The van der Waals surface area contributed by atoms with Gasteiger partial charge in [-0.3, -0.25) is 4.79 Å². The quantitative estimate of drug-likeness (QED) is 0.851.